The maximum atomic E-state index is 7.86. The molecule has 0 fully saturated rings. The van der Waals surface area contributed by atoms with E-state index in [4.69, 9.17) is 16.1 Å². The average molecular weight is 280 g/mol. The van der Waals surface area contributed by atoms with Gasteiger partial charge in [0.15, 0.2) is 0 Å². The molecule has 1 aliphatic carbocycles. The summed E-state index contributed by atoms with van der Waals surface area (Å²) in [7, 11) is 1.97. The van der Waals surface area contributed by atoms with Gasteiger partial charge in [-0.1, -0.05) is 18.2 Å². The molecule has 3 N–H and O–H groups in total. The zero-order valence-corrected chi connectivity index (χ0v) is 12.3. The molecule has 1 aromatic heterocycles. The summed E-state index contributed by atoms with van der Waals surface area (Å²) in [6, 6.07) is 12.1. The second kappa shape index (κ2) is 5.56. The summed E-state index contributed by atoms with van der Waals surface area (Å²) < 4.78 is 0. The number of fused-ring (bicyclic) bond motifs is 1. The third-order valence-corrected chi connectivity index (χ3v) is 4.03. The van der Waals surface area contributed by atoms with E-state index >= 15 is 0 Å². The third-order valence-electron chi connectivity index (χ3n) is 4.03. The molecule has 0 unspecified atom stereocenters. The van der Waals surface area contributed by atoms with Crippen molar-refractivity contribution in [2.45, 2.75) is 25.7 Å². The Morgan fingerprint density at radius 1 is 1.19 bits per heavy atom. The summed E-state index contributed by atoms with van der Waals surface area (Å²) in [4.78, 5) is 6.82. The lowest BCUT2D eigenvalue weighted by Gasteiger charge is -2.24. The van der Waals surface area contributed by atoms with Crippen molar-refractivity contribution in [3.05, 3.63) is 53.2 Å². The SMILES string of the molecule is CN(c1ccccc1)c1nc2c(cc1C(=N)N)CCCC2. The van der Waals surface area contributed by atoms with Gasteiger partial charge < -0.3 is 10.6 Å². The monoisotopic (exact) mass is 280 g/mol. The summed E-state index contributed by atoms with van der Waals surface area (Å²) in [6.45, 7) is 0. The van der Waals surface area contributed by atoms with Gasteiger partial charge in [-0.3, -0.25) is 5.41 Å². The van der Waals surface area contributed by atoms with Gasteiger partial charge in [0, 0.05) is 18.4 Å². The number of para-hydroxylation sites is 1. The molecule has 21 heavy (non-hydrogen) atoms. The molecule has 0 atom stereocenters. The number of aryl methyl sites for hydroxylation is 2. The summed E-state index contributed by atoms with van der Waals surface area (Å²) in [5.41, 5.74) is 9.95. The second-order valence-corrected chi connectivity index (χ2v) is 5.48. The highest BCUT2D eigenvalue weighted by Gasteiger charge is 2.19. The highest BCUT2D eigenvalue weighted by Crippen LogP contribution is 2.29. The number of anilines is 2. The number of nitrogen functional groups attached to an aromatic ring is 1. The quantitative estimate of drug-likeness (QED) is 0.671. The molecule has 4 heteroatoms. The van der Waals surface area contributed by atoms with Crippen molar-refractivity contribution in [2.24, 2.45) is 5.73 Å². The molecule has 1 heterocycles. The zero-order chi connectivity index (χ0) is 14.8. The van der Waals surface area contributed by atoms with E-state index in [1.807, 2.05) is 42.3 Å². The number of nitrogens with one attached hydrogen (secondary N) is 1. The molecule has 2 aromatic rings. The Morgan fingerprint density at radius 2 is 1.90 bits per heavy atom. The van der Waals surface area contributed by atoms with E-state index in [1.165, 1.54) is 18.4 Å². The maximum absolute atomic E-state index is 7.86. The van der Waals surface area contributed by atoms with Crippen molar-refractivity contribution in [1.29, 1.82) is 5.41 Å². The van der Waals surface area contributed by atoms with E-state index in [9.17, 15) is 0 Å². The Labute approximate surface area is 125 Å². The van der Waals surface area contributed by atoms with Crippen LogP contribution >= 0.6 is 0 Å². The number of rotatable bonds is 3. The Bertz CT molecular complexity index is 664. The van der Waals surface area contributed by atoms with Crippen LogP contribution in [0.5, 0.6) is 0 Å². The minimum absolute atomic E-state index is 0.0775. The fraction of sp³-hybridized carbons (Fsp3) is 0.294. The predicted octanol–water partition coefficient (Wildman–Crippen LogP) is 3.01. The first-order valence-electron chi connectivity index (χ1n) is 7.33. The number of nitrogens with zero attached hydrogens (tertiary/aromatic N) is 2. The molecule has 1 aromatic carbocycles. The summed E-state index contributed by atoms with van der Waals surface area (Å²) in [5.74, 6) is 0.850. The van der Waals surface area contributed by atoms with Crippen LogP contribution in [-0.2, 0) is 12.8 Å². The lowest BCUT2D eigenvalue weighted by Crippen LogP contribution is -2.22. The molecule has 0 radical (unpaired) electrons. The van der Waals surface area contributed by atoms with Crippen molar-refractivity contribution in [3.8, 4) is 0 Å². The minimum Gasteiger partial charge on any atom is -0.384 e. The number of nitrogens with two attached hydrogens (primary N) is 1. The van der Waals surface area contributed by atoms with Crippen LogP contribution in [0, 0.1) is 5.41 Å². The van der Waals surface area contributed by atoms with Crippen molar-refractivity contribution in [1.82, 2.24) is 4.98 Å². The third kappa shape index (κ3) is 2.61. The fourth-order valence-electron chi connectivity index (χ4n) is 2.85. The topological polar surface area (TPSA) is 66.0 Å². The minimum atomic E-state index is 0.0775. The molecule has 4 nitrogen and oxygen atoms in total. The van der Waals surface area contributed by atoms with Crippen LogP contribution in [0.1, 0.15) is 29.7 Å². The Kier molecular flexibility index (Phi) is 3.60. The van der Waals surface area contributed by atoms with Crippen LogP contribution in [0.15, 0.2) is 36.4 Å². The molecule has 0 amide bonds. The van der Waals surface area contributed by atoms with Crippen molar-refractivity contribution < 1.29 is 0 Å². The van der Waals surface area contributed by atoms with E-state index in [1.54, 1.807) is 0 Å². The molecule has 108 valence electrons. The molecule has 0 aliphatic heterocycles. The molecule has 0 saturated heterocycles. The number of pyridine rings is 1. The van der Waals surface area contributed by atoms with Gasteiger partial charge in [-0.2, -0.15) is 0 Å². The first-order valence-corrected chi connectivity index (χ1v) is 7.33. The van der Waals surface area contributed by atoms with E-state index < -0.39 is 0 Å². The molecular formula is C17H20N4. The molecule has 0 spiro atoms. The highest BCUT2D eigenvalue weighted by atomic mass is 15.2. The Balaban J connectivity index is 2.10. The maximum Gasteiger partial charge on any atom is 0.144 e. The number of hydrogen-bond acceptors (Lipinski definition) is 3. The first-order chi connectivity index (χ1) is 10.2. The van der Waals surface area contributed by atoms with E-state index in [-0.39, 0.29) is 5.84 Å². The molecular weight excluding hydrogens is 260 g/mol. The van der Waals surface area contributed by atoms with Gasteiger partial charge in [0.2, 0.25) is 0 Å². The lowest BCUT2D eigenvalue weighted by molar-refractivity contribution is 0.667. The summed E-state index contributed by atoms with van der Waals surface area (Å²) in [5, 5.41) is 7.86. The molecule has 3 rings (SSSR count). The van der Waals surface area contributed by atoms with Crippen LogP contribution in [0.25, 0.3) is 0 Å². The van der Waals surface area contributed by atoms with Gasteiger partial charge in [-0.05, 0) is 49.4 Å². The highest BCUT2D eigenvalue weighted by molar-refractivity contribution is 6.00. The number of hydrogen-bond donors (Lipinski definition) is 2. The van der Waals surface area contributed by atoms with E-state index in [2.05, 4.69) is 6.07 Å². The van der Waals surface area contributed by atoms with Gasteiger partial charge in [-0.25, -0.2) is 4.98 Å². The normalized spacial score (nSPS) is 13.6. The van der Waals surface area contributed by atoms with Crippen molar-refractivity contribution >= 4 is 17.3 Å². The number of aromatic nitrogens is 1. The number of benzene rings is 1. The van der Waals surface area contributed by atoms with Crippen molar-refractivity contribution in [3.63, 3.8) is 0 Å². The van der Waals surface area contributed by atoms with Crippen LogP contribution in [0.4, 0.5) is 11.5 Å². The van der Waals surface area contributed by atoms with Crippen LogP contribution in [0.2, 0.25) is 0 Å². The van der Waals surface area contributed by atoms with Gasteiger partial charge in [0.1, 0.15) is 11.7 Å². The standard InChI is InChI=1S/C17H20N4/c1-21(13-8-3-2-4-9-13)17-14(16(18)19)11-12-7-5-6-10-15(12)20-17/h2-4,8-9,11H,5-7,10H2,1H3,(H3,18,19). The molecule has 1 aliphatic rings. The second-order valence-electron chi connectivity index (χ2n) is 5.48. The lowest BCUT2D eigenvalue weighted by atomic mass is 9.94. The summed E-state index contributed by atoms with van der Waals surface area (Å²) >= 11 is 0. The van der Waals surface area contributed by atoms with Crippen LogP contribution < -0.4 is 10.6 Å². The predicted molar refractivity (Wildman–Crippen MR) is 86.4 cm³/mol. The van der Waals surface area contributed by atoms with E-state index in [0.29, 0.717) is 0 Å². The van der Waals surface area contributed by atoms with Crippen LogP contribution in [-0.4, -0.2) is 17.9 Å². The Hall–Kier alpha value is -2.36. The van der Waals surface area contributed by atoms with Gasteiger partial charge in [0.05, 0.1) is 5.56 Å². The Morgan fingerprint density at radius 3 is 2.62 bits per heavy atom. The largest absolute Gasteiger partial charge is 0.384 e. The molecule has 0 saturated carbocycles. The van der Waals surface area contributed by atoms with Gasteiger partial charge in [-0.15, -0.1) is 0 Å². The fourth-order valence-corrected chi connectivity index (χ4v) is 2.85. The van der Waals surface area contributed by atoms with Gasteiger partial charge >= 0.3 is 0 Å². The zero-order valence-electron chi connectivity index (χ0n) is 12.3. The smallest absolute Gasteiger partial charge is 0.144 e. The van der Waals surface area contributed by atoms with Crippen molar-refractivity contribution in [2.75, 3.05) is 11.9 Å². The number of amidine groups is 1. The van der Waals surface area contributed by atoms with Gasteiger partial charge in [0.25, 0.3) is 0 Å². The first kappa shape index (κ1) is 13.6. The van der Waals surface area contributed by atoms with E-state index in [0.717, 1.165) is 35.6 Å². The van der Waals surface area contributed by atoms with Crippen LogP contribution in [0.3, 0.4) is 0 Å². The average Bonchev–Trinajstić information content (AvgIpc) is 2.53. The summed E-state index contributed by atoms with van der Waals surface area (Å²) in [6.07, 6.45) is 4.44. The molecule has 0 bridgehead atoms.